The van der Waals surface area contributed by atoms with E-state index in [4.69, 9.17) is 0 Å². The molecule has 18 heavy (non-hydrogen) atoms. The lowest BCUT2D eigenvalue weighted by molar-refractivity contribution is -0.177. The first-order valence-corrected chi connectivity index (χ1v) is 5.79. The van der Waals surface area contributed by atoms with E-state index in [1.807, 2.05) is 0 Å². The highest BCUT2D eigenvalue weighted by Crippen LogP contribution is 2.22. The van der Waals surface area contributed by atoms with Crippen LogP contribution in [0.3, 0.4) is 0 Å². The molecule has 0 aromatic carbocycles. The third-order valence-electron chi connectivity index (χ3n) is 1.80. The van der Waals surface area contributed by atoms with Crippen molar-refractivity contribution >= 4 is 15.9 Å². The van der Waals surface area contributed by atoms with Crippen LogP contribution in [0.25, 0.3) is 0 Å². The van der Waals surface area contributed by atoms with Crippen LogP contribution < -0.4 is 0 Å². The van der Waals surface area contributed by atoms with Gasteiger partial charge < -0.3 is 4.74 Å². The Labute approximate surface area is 108 Å². The van der Waals surface area contributed by atoms with Gasteiger partial charge in [0.15, 0.2) is 5.82 Å². The maximum atomic E-state index is 12.6. The Morgan fingerprint density at radius 2 is 2.00 bits per heavy atom. The van der Waals surface area contributed by atoms with E-state index < -0.39 is 31.5 Å². The number of aromatic nitrogens is 2. The SMILES string of the molecule is FC(F)c1nc(COCC(F)(F)F)ncc1CBr. The molecule has 0 amide bonds. The van der Waals surface area contributed by atoms with Gasteiger partial charge >= 0.3 is 6.18 Å². The molecule has 0 radical (unpaired) electrons. The molecular formula is C9H8BrF5N2O. The van der Waals surface area contributed by atoms with Gasteiger partial charge in [-0.25, -0.2) is 18.7 Å². The second-order valence-electron chi connectivity index (χ2n) is 3.24. The molecule has 0 aliphatic carbocycles. The summed E-state index contributed by atoms with van der Waals surface area (Å²) in [5, 5.41) is 0.135. The number of halogens is 6. The lowest BCUT2D eigenvalue weighted by Crippen LogP contribution is -2.17. The summed E-state index contributed by atoms with van der Waals surface area (Å²) in [6.07, 6.45) is -6.15. The monoisotopic (exact) mass is 334 g/mol. The number of nitrogens with zero attached hydrogens (tertiary/aromatic N) is 2. The molecule has 9 heteroatoms. The summed E-state index contributed by atoms with van der Waals surface area (Å²) in [6, 6.07) is 0. The number of ether oxygens (including phenoxy) is 1. The fraction of sp³-hybridized carbons (Fsp3) is 0.556. The Morgan fingerprint density at radius 1 is 1.33 bits per heavy atom. The molecule has 0 saturated heterocycles. The predicted molar refractivity (Wildman–Crippen MR) is 55.3 cm³/mol. The lowest BCUT2D eigenvalue weighted by Gasteiger charge is -2.09. The van der Waals surface area contributed by atoms with Crippen LogP contribution in [0.2, 0.25) is 0 Å². The summed E-state index contributed by atoms with van der Waals surface area (Å²) >= 11 is 2.99. The van der Waals surface area contributed by atoms with Crippen molar-refractivity contribution in [3.05, 3.63) is 23.3 Å². The highest BCUT2D eigenvalue weighted by molar-refractivity contribution is 9.08. The number of alkyl halides is 6. The Morgan fingerprint density at radius 3 is 2.50 bits per heavy atom. The Hall–Kier alpha value is -0.830. The fourth-order valence-electron chi connectivity index (χ4n) is 1.08. The molecule has 0 N–H and O–H groups in total. The fourth-order valence-corrected chi connectivity index (χ4v) is 1.51. The van der Waals surface area contributed by atoms with Gasteiger partial charge in [0, 0.05) is 17.1 Å². The van der Waals surface area contributed by atoms with Crippen molar-refractivity contribution in [1.82, 2.24) is 9.97 Å². The van der Waals surface area contributed by atoms with Crippen LogP contribution in [-0.2, 0) is 16.7 Å². The highest BCUT2D eigenvalue weighted by atomic mass is 79.9. The van der Waals surface area contributed by atoms with Crippen molar-refractivity contribution in [3.8, 4) is 0 Å². The summed E-state index contributed by atoms with van der Waals surface area (Å²) in [6.45, 7) is -2.04. The van der Waals surface area contributed by atoms with Crippen molar-refractivity contribution in [1.29, 1.82) is 0 Å². The largest absolute Gasteiger partial charge is 0.411 e. The predicted octanol–water partition coefficient (Wildman–Crippen LogP) is 3.39. The van der Waals surface area contributed by atoms with E-state index in [2.05, 4.69) is 30.6 Å². The summed E-state index contributed by atoms with van der Waals surface area (Å²) in [5.41, 5.74) is -0.322. The molecule has 3 nitrogen and oxygen atoms in total. The molecule has 0 unspecified atom stereocenters. The van der Waals surface area contributed by atoms with Gasteiger partial charge in [-0.05, 0) is 0 Å². The van der Waals surface area contributed by atoms with Crippen molar-refractivity contribution in [2.75, 3.05) is 6.61 Å². The third kappa shape index (κ3) is 4.81. The van der Waals surface area contributed by atoms with Crippen LogP contribution in [0.4, 0.5) is 22.0 Å². The van der Waals surface area contributed by atoms with Crippen LogP contribution in [0.1, 0.15) is 23.5 Å². The van der Waals surface area contributed by atoms with E-state index in [0.717, 1.165) is 6.20 Å². The van der Waals surface area contributed by atoms with E-state index in [0.29, 0.717) is 0 Å². The van der Waals surface area contributed by atoms with Crippen molar-refractivity contribution in [2.45, 2.75) is 24.5 Å². The van der Waals surface area contributed by atoms with E-state index in [1.54, 1.807) is 0 Å². The van der Waals surface area contributed by atoms with Gasteiger partial charge in [-0.1, -0.05) is 15.9 Å². The molecule has 0 fully saturated rings. The maximum absolute atomic E-state index is 12.6. The minimum Gasteiger partial charge on any atom is -0.364 e. The second-order valence-corrected chi connectivity index (χ2v) is 3.80. The summed E-state index contributed by atoms with van der Waals surface area (Å²) in [5.74, 6) is -0.209. The Bertz CT molecular complexity index is 399. The number of hydrogen-bond acceptors (Lipinski definition) is 3. The quantitative estimate of drug-likeness (QED) is 0.611. The minimum atomic E-state index is -4.47. The zero-order chi connectivity index (χ0) is 13.8. The van der Waals surface area contributed by atoms with Crippen molar-refractivity contribution in [3.63, 3.8) is 0 Å². The molecule has 0 bridgehead atoms. The highest BCUT2D eigenvalue weighted by Gasteiger charge is 2.27. The van der Waals surface area contributed by atoms with Gasteiger partial charge in [0.25, 0.3) is 6.43 Å². The average Bonchev–Trinajstić information content (AvgIpc) is 2.27. The van der Waals surface area contributed by atoms with E-state index in [-0.39, 0.29) is 16.7 Å². The first-order chi connectivity index (χ1) is 8.33. The maximum Gasteiger partial charge on any atom is 0.411 e. The molecule has 1 heterocycles. The van der Waals surface area contributed by atoms with Gasteiger partial charge in [-0.2, -0.15) is 13.2 Å². The molecule has 1 aromatic heterocycles. The first kappa shape index (κ1) is 15.2. The average molecular weight is 335 g/mol. The van der Waals surface area contributed by atoms with Crippen LogP contribution >= 0.6 is 15.9 Å². The van der Waals surface area contributed by atoms with Crippen molar-refractivity contribution < 1.29 is 26.7 Å². The molecule has 0 aliphatic heterocycles. The topological polar surface area (TPSA) is 35.0 Å². The molecule has 102 valence electrons. The Kier molecular flexibility index (Phi) is 5.39. The lowest BCUT2D eigenvalue weighted by atomic mass is 10.2. The number of hydrogen-bond donors (Lipinski definition) is 0. The number of rotatable bonds is 5. The van der Waals surface area contributed by atoms with Gasteiger partial charge in [0.05, 0.1) is 0 Å². The summed E-state index contributed by atoms with van der Waals surface area (Å²) in [4.78, 5) is 7.12. The summed E-state index contributed by atoms with van der Waals surface area (Å²) < 4.78 is 64.8. The molecule has 1 rings (SSSR count). The van der Waals surface area contributed by atoms with E-state index in [9.17, 15) is 22.0 Å². The van der Waals surface area contributed by atoms with Gasteiger partial charge in [0.2, 0.25) is 0 Å². The second kappa shape index (κ2) is 6.37. The normalized spacial score (nSPS) is 12.2. The summed E-state index contributed by atoms with van der Waals surface area (Å²) in [7, 11) is 0. The molecule has 0 spiro atoms. The molecule has 0 atom stereocenters. The molecule has 1 aromatic rings. The molecular weight excluding hydrogens is 327 g/mol. The minimum absolute atomic E-state index is 0.135. The first-order valence-electron chi connectivity index (χ1n) is 4.67. The van der Waals surface area contributed by atoms with Crippen LogP contribution in [-0.4, -0.2) is 22.8 Å². The van der Waals surface area contributed by atoms with Crippen LogP contribution in [0.5, 0.6) is 0 Å². The standard InChI is InChI=1S/C9H8BrF5N2O/c10-1-5-2-16-6(17-7(5)8(11)12)3-18-4-9(13,14)15/h2,8H,1,3-4H2. The van der Waals surface area contributed by atoms with Gasteiger partial charge in [0.1, 0.15) is 18.9 Å². The van der Waals surface area contributed by atoms with Crippen molar-refractivity contribution in [2.24, 2.45) is 0 Å². The van der Waals surface area contributed by atoms with Gasteiger partial charge in [-0.3, -0.25) is 0 Å². The molecule has 0 aliphatic rings. The van der Waals surface area contributed by atoms with Gasteiger partial charge in [-0.15, -0.1) is 0 Å². The van der Waals surface area contributed by atoms with E-state index in [1.165, 1.54) is 0 Å². The van der Waals surface area contributed by atoms with E-state index >= 15 is 0 Å². The smallest absolute Gasteiger partial charge is 0.364 e. The van der Waals surface area contributed by atoms with Crippen LogP contribution in [0, 0.1) is 0 Å². The molecule has 0 saturated carbocycles. The van der Waals surface area contributed by atoms with Crippen LogP contribution in [0.15, 0.2) is 6.20 Å². The third-order valence-corrected chi connectivity index (χ3v) is 2.40. The Balaban J connectivity index is 2.70. The zero-order valence-electron chi connectivity index (χ0n) is 8.85. The zero-order valence-corrected chi connectivity index (χ0v) is 10.4.